The molecule has 4 rings (SSSR count). The minimum atomic E-state index is -2.58. The first-order valence-electron chi connectivity index (χ1n) is 20.0. The van der Waals surface area contributed by atoms with Gasteiger partial charge in [0.1, 0.15) is 12.2 Å². The van der Waals surface area contributed by atoms with Crippen molar-refractivity contribution in [2.24, 2.45) is 0 Å². The number of benzene rings is 4. The van der Waals surface area contributed by atoms with Gasteiger partial charge < -0.3 is 38.2 Å². The van der Waals surface area contributed by atoms with Crippen LogP contribution in [0.3, 0.4) is 0 Å². The second kappa shape index (κ2) is 20.6. The summed E-state index contributed by atoms with van der Waals surface area (Å²) in [5.41, 5.74) is 4.67. The highest BCUT2D eigenvalue weighted by Crippen LogP contribution is 2.49. The number of hydrogen-bond donors (Lipinski definition) is 1. The molecule has 4 aromatic rings. The van der Waals surface area contributed by atoms with Crippen molar-refractivity contribution < 1.29 is 42.4 Å². The summed E-state index contributed by atoms with van der Waals surface area (Å²) in [5, 5.41) is 3.02. The van der Waals surface area contributed by atoms with Gasteiger partial charge in [-0.2, -0.15) is 0 Å². The number of nitrogens with one attached hydrogen (secondary N) is 1. The van der Waals surface area contributed by atoms with Crippen LogP contribution in [0.4, 0.5) is 4.79 Å². The highest BCUT2D eigenvalue weighted by molar-refractivity contribution is 6.77. The first kappa shape index (κ1) is 45.7. The van der Waals surface area contributed by atoms with Crippen LogP contribution in [0.15, 0.2) is 84.9 Å². The number of rotatable bonds is 19. The van der Waals surface area contributed by atoms with Crippen LogP contribution in [-0.4, -0.2) is 60.5 Å². The van der Waals surface area contributed by atoms with Gasteiger partial charge in [-0.3, -0.25) is 0 Å². The summed E-state index contributed by atoms with van der Waals surface area (Å²) in [6, 6.07) is 26.6. The average Bonchev–Trinajstić information content (AvgIpc) is 3.19. The Kier molecular flexibility index (Phi) is 16.2. The van der Waals surface area contributed by atoms with Crippen LogP contribution in [-0.2, 0) is 26.9 Å². The summed E-state index contributed by atoms with van der Waals surface area (Å²) in [4.78, 5) is 26.3. The van der Waals surface area contributed by atoms with Crippen molar-refractivity contribution in [3.8, 4) is 34.1 Å². The molecule has 314 valence electrons. The van der Waals surface area contributed by atoms with E-state index in [9.17, 15) is 9.59 Å². The molecule has 0 fully saturated rings. The normalized spacial score (nSPS) is 12.3. The Bertz CT molecular complexity index is 1920. The van der Waals surface area contributed by atoms with Gasteiger partial charge in [-0.1, -0.05) is 90.1 Å². The van der Waals surface area contributed by atoms with Crippen LogP contribution < -0.4 is 24.3 Å². The lowest BCUT2D eigenvalue weighted by molar-refractivity contribution is 0.0489. The minimum Gasteiger partial charge on any atom is -0.493 e. The number of carbonyl (C=O) groups is 2. The van der Waals surface area contributed by atoms with Gasteiger partial charge in [-0.15, -0.1) is 0 Å². The van der Waals surface area contributed by atoms with Crippen molar-refractivity contribution in [1.29, 1.82) is 0 Å². The lowest BCUT2D eigenvalue weighted by Crippen LogP contribution is -2.50. The monoisotopic (exact) mass is 813 g/mol. The van der Waals surface area contributed by atoms with E-state index in [0.717, 1.165) is 27.8 Å². The highest BCUT2D eigenvalue weighted by Gasteiger charge is 2.47. The van der Waals surface area contributed by atoms with Gasteiger partial charge in [-0.05, 0) is 102 Å². The molecule has 1 amide bonds. The summed E-state index contributed by atoms with van der Waals surface area (Å²) in [5.74, 6) is 1.64. The van der Waals surface area contributed by atoms with Gasteiger partial charge in [-0.25, -0.2) is 9.59 Å². The topological polar surface area (TPSA) is 111 Å². The predicted octanol–water partition coefficient (Wildman–Crippen LogP) is 11.1. The lowest BCUT2D eigenvalue weighted by Gasteiger charge is -2.45. The summed E-state index contributed by atoms with van der Waals surface area (Å²) < 4.78 is 43.2. The highest BCUT2D eigenvalue weighted by atomic mass is 28.4. The Labute approximate surface area is 346 Å². The summed E-state index contributed by atoms with van der Waals surface area (Å²) >= 11 is 0. The quantitative estimate of drug-likeness (QED) is 0.0730. The Morgan fingerprint density at radius 3 is 1.78 bits per heavy atom. The molecule has 0 radical (unpaired) electrons. The molecular weight excluding hydrogens is 751 g/mol. The third-order valence-electron chi connectivity index (χ3n) is 10.3. The van der Waals surface area contributed by atoms with Gasteiger partial charge in [0.05, 0.1) is 46.1 Å². The number of ether oxygens (including phenoxy) is 6. The summed E-state index contributed by atoms with van der Waals surface area (Å²) in [6.07, 6.45) is -0.834. The van der Waals surface area contributed by atoms with Crippen LogP contribution in [0.1, 0.15) is 95.5 Å². The molecule has 4 aromatic carbocycles. The van der Waals surface area contributed by atoms with Crippen molar-refractivity contribution in [1.82, 2.24) is 5.32 Å². The second-order valence-corrected chi connectivity index (χ2v) is 21.7. The van der Waals surface area contributed by atoms with Crippen LogP contribution in [0.2, 0.25) is 16.6 Å². The maximum atomic E-state index is 13.3. The molecule has 10 nitrogen and oxygen atoms in total. The zero-order chi connectivity index (χ0) is 42.6. The molecule has 1 atom stereocenters. The summed E-state index contributed by atoms with van der Waals surface area (Å²) in [6.45, 7) is 19.4. The van der Waals surface area contributed by atoms with E-state index in [1.54, 1.807) is 45.6 Å². The standard InChI is InChI=1S/C47H63NO9Si/c1-31(2)58(32(3)4,33(5)6)57-44(29-48-46(50)56-47(7,8)9)39-28-41(52-11)40(51-10)27-38(39)37-26-42(53-12)43(55-30-34-19-15-13-16-20-34)25-36(37)23-24-54-45(49)35-21-17-14-18-22-35/h13-22,25-28,31-33,44H,23-24,29-30H2,1-12H3,(H,48,50)/t44-/m1/s1. The van der Waals surface area contributed by atoms with E-state index < -0.39 is 32.1 Å². The maximum absolute atomic E-state index is 13.3. The number of carbonyl (C=O) groups excluding carboxylic acids is 2. The molecular formula is C47H63NO9Si. The molecule has 0 aliphatic carbocycles. The molecule has 0 aromatic heterocycles. The Morgan fingerprint density at radius 2 is 1.22 bits per heavy atom. The average molecular weight is 814 g/mol. The zero-order valence-corrected chi connectivity index (χ0v) is 37.4. The van der Waals surface area contributed by atoms with Gasteiger partial charge in [0.15, 0.2) is 23.0 Å². The van der Waals surface area contributed by atoms with Gasteiger partial charge in [0.2, 0.25) is 8.32 Å². The van der Waals surface area contributed by atoms with Crippen molar-refractivity contribution >= 4 is 20.4 Å². The van der Waals surface area contributed by atoms with E-state index in [-0.39, 0.29) is 29.8 Å². The van der Waals surface area contributed by atoms with E-state index in [2.05, 4.69) is 46.9 Å². The van der Waals surface area contributed by atoms with Gasteiger partial charge in [0, 0.05) is 6.42 Å². The maximum Gasteiger partial charge on any atom is 0.407 e. The Balaban J connectivity index is 1.95. The molecule has 11 heteroatoms. The fraction of sp³-hybridized carbons (Fsp3) is 0.447. The van der Waals surface area contributed by atoms with E-state index in [4.69, 9.17) is 32.8 Å². The molecule has 0 aliphatic heterocycles. The van der Waals surface area contributed by atoms with E-state index in [0.29, 0.717) is 41.6 Å². The minimum absolute atomic E-state index is 0.0952. The largest absolute Gasteiger partial charge is 0.493 e. The third kappa shape index (κ3) is 11.6. The van der Waals surface area contributed by atoms with Gasteiger partial charge in [0.25, 0.3) is 0 Å². The molecule has 58 heavy (non-hydrogen) atoms. The Morgan fingerprint density at radius 1 is 0.690 bits per heavy atom. The third-order valence-corrected chi connectivity index (χ3v) is 16.4. The molecule has 0 heterocycles. The fourth-order valence-corrected chi connectivity index (χ4v) is 13.3. The van der Waals surface area contributed by atoms with E-state index >= 15 is 0 Å². The molecule has 0 aliphatic rings. The van der Waals surface area contributed by atoms with Crippen molar-refractivity contribution in [3.63, 3.8) is 0 Å². The van der Waals surface area contributed by atoms with E-state index in [1.165, 1.54) is 0 Å². The number of methoxy groups -OCH3 is 3. The number of alkyl carbamates (subject to hydrolysis) is 1. The number of amides is 1. The van der Waals surface area contributed by atoms with E-state index in [1.807, 2.05) is 81.4 Å². The Hall–Kier alpha value is -5.00. The van der Waals surface area contributed by atoms with Crippen LogP contribution in [0.25, 0.3) is 11.1 Å². The lowest BCUT2D eigenvalue weighted by atomic mass is 9.90. The van der Waals surface area contributed by atoms with Gasteiger partial charge >= 0.3 is 12.1 Å². The molecule has 0 bridgehead atoms. The SMILES string of the molecule is COc1cc(-c2cc(OC)c(OCc3ccccc3)cc2CCOC(=O)c2ccccc2)c([C@@H](CNC(=O)OC(C)(C)C)O[Si](C(C)C)(C(C)C)C(C)C)cc1OC. The van der Waals surface area contributed by atoms with Crippen molar-refractivity contribution in [3.05, 3.63) is 107 Å². The fourth-order valence-electron chi connectivity index (χ4n) is 7.73. The molecule has 0 saturated heterocycles. The van der Waals surface area contributed by atoms with Crippen molar-refractivity contribution in [2.75, 3.05) is 34.5 Å². The second-order valence-electron chi connectivity index (χ2n) is 16.3. The van der Waals surface area contributed by atoms with Crippen LogP contribution in [0.5, 0.6) is 23.0 Å². The number of esters is 1. The molecule has 1 N–H and O–H groups in total. The molecule has 0 saturated carbocycles. The first-order valence-corrected chi connectivity index (χ1v) is 22.2. The molecule has 0 spiro atoms. The van der Waals surface area contributed by atoms with Crippen LogP contribution >= 0.6 is 0 Å². The smallest absolute Gasteiger partial charge is 0.407 e. The molecule has 0 unspecified atom stereocenters. The first-order chi connectivity index (χ1) is 27.5. The zero-order valence-electron chi connectivity index (χ0n) is 36.4. The van der Waals surface area contributed by atoms with Crippen molar-refractivity contribution in [2.45, 2.75) is 104 Å². The summed E-state index contributed by atoms with van der Waals surface area (Å²) in [7, 11) is 2.22. The predicted molar refractivity (Wildman–Crippen MR) is 232 cm³/mol. The number of hydrogen-bond acceptors (Lipinski definition) is 9. The van der Waals surface area contributed by atoms with Crippen LogP contribution in [0, 0.1) is 0 Å².